The number of rotatable bonds is 8. The maximum Gasteiger partial charge on any atom is 0.332 e. The van der Waals surface area contributed by atoms with Crippen LogP contribution in [0.4, 0.5) is 10.1 Å². The Morgan fingerprint density at radius 1 is 1.31 bits per heavy atom. The second kappa shape index (κ2) is 9.65. The normalized spacial score (nSPS) is 15.7. The molecule has 0 atom stereocenters. The number of benzene rings is 1. The first-order valence-corrected chi connectivity index (χ1v) is 10.00. The summed E-state index contributed by atoms with van der Waals surface area (Å²) in [6, 6.07) is 6.08. The number of ether oxygens (including phenoxy) is 1. The second-order valence-electron chi connectivity index (χ2n) is 7.11. The smallest absolute Gasteiger partial charge is 0.332 e. The fourth-order valence-electron chi connectivity index (χ4n) is 3.72. The third-order valence-corrected chi connectivity index (χ3v) is 5.24. The molecule has 0 bridgehead atoms. The Labute approximate surface area is 169 Å². The highest BCUT2D eigenvalue weighted by atomic mass is 19.1. The molecule has 1 saturated heterocycles. The number of halogens is 1. The molecule has 7 nitrogen and oxygen atoms in total. The van der Waals surface area contributed by atoms with Gasteiger partial charge in [-0.3, -0.25) is 9.69 Å². The second-order valence-corrected chi connectivity index (χ2v) is 7.11. The van der Waals surface area contributed by atoms with E-state index in [1.165, 1.54) is 11.0 Å². The molecule has 156 valence electrons. The summed E-state index contributed by atoms with van der Waals surface area (Å²) < 4.78 is 22.1. The van der Waals surface area contributed by atoms with E-state index < -0.39 is 17.3 Å². The highest BCUT2D eigenvalue weighted by Gasteiger charge is 2.49. The number of anilines is 1. The van der Waals surface area contributed by atoms with E-state index in [9.17, 15) is 14.0 Å². The van der Waals surface area contributed by atoms with E-state index in [-0.39, 0.29) is 24.6 Å². The Morgan fingerprint density at radius 2 is 2.07 bits per heavy atom. The van der Waals surface area contributed by atoms with Crippen molar-refractivity contribution >= 4 is 17.6 Å². The van der Waals surface area contributed by atoms with Gasteiger partial charge in [0.05, 0.1) is 18.6 Å². The maximum atomic E-state index is 14.6. The van der Waals surface area contributed by atoms with Crippen molar-refractivity contribution in [1.29, 1.82) is 0 Å². The molecule has 1 amide bonds. The molecule has 8 heteroatoms. The van der Waals surface area contributed by atoms with Gasteiger partial charge in [-0.15, -0.1) is 0 Å². The maximum absolute atomic E-state index is 14.6. The number of aryl methyl sites for hydroxylation is 1. The molecule has 0 saturated carbocycles. The number of carbonyl (C=O) groups excluding carboxylic acids is 2. The van der Waals surface area contributed by atoms with Gasteiger partial charge in [0.15, 0.2) is 0 Å². The van der Waals surface area contributed by atoms with Crippen LogP contribution in [0.15, 0.2) is 43.0 Å². The van der Waals surface area contributed by atoms with Gasteiger partial charge in [0.2, 0.25) is 5.91 Å². The van der Waals surface area contributed by atoms with Crippen LogP contribution in [0.2, 0.25) is 0 Å². The van der Waals surface area contributed by atoms with E-state index in [0.717, 1.165) is 0 Å². The molecule has 0 spiro atoms. The van der Waals surface area contributed by atoms with E-state index in [1.807, 2.05) is 10.8 Å². The van der Waals surface area contributed by atoms with Gasteiger partial charge in [-0.25, -0.2) is 14.2 Å². The van der Waals surface area contributed by atoms with Crippen LogP contribution in [0.3, 0.4) is 0 Å². The lowest BCUT2D eigenvalue weighted by Crippen LogP contribution is -2.62. The van der Waals surface area contributed by atoms with Crippen LogP contribution >= 0.6 is 0 Å². The lowest BCUT2D eigenvalue weighted by Gasteiger charge is -2.44. The molecule has 1 aliphatic heterocycles. The third-order valence-electron chi connectivity index (χ3n) is 5.24. The predicted molar refractivity (Wildman–Crippen MR) is 107 cm³/mol. The Kier molecular flexibility index (Phi) is 6.98. The highest BCUT2D eigenvalue weighted by Crippen LogP contribution is 2.35. The number of piperidine rings is 1. The van der Waals surface area contributed by atoms with Crippen LogP contribution in [0, 0.1) is 5.82 Å². The number of carbonyl (C=O) groups is 2. The number of nitrogens with zero attached hydrogens (tertiary/aromatic N) is 3. The molecule has 1 N–H and O–H groups in total. The minimum atomic E-state index is -1.21. The van der Waals surface area contributed by atoms with Gasteiger partial charge < -0.3 is 14.6 Å². The summed E-state index contributed by atoms with van der Waals surface area (Å²) in [5.41, 5.74) is -1.09. The third kappa shape index (κ3) is 4.64. The molecule has 3 rings (SSSR count). The van der Waals surface area contributed by atoms with Crippen LogP contribution in [-0.2, 0) is 20.9 Å². The predicted octanol–water partition coefficient (Wildman–Crippen LogP) is 2.52. The van der Waals surface area contributed by atoms with Crippen molar-refractivity contribution in [2.75, 3.05) is 24.6 Å². The SMILES string of the molecule is CCC(=O)N(c1ccccc1F)C1(C(=O)OCCCn2ccnc2)CCNCC1. The minimum absolute atomic E-state index is 0.122. The van der Waals surface area contributed by atoms with Crippen molar-refractivity contribution in [3.8, 4) is 0 Å². The van der Waals surface area contributed by atoms with Crippen LogP contribution in [0.1, 0.15) is 32.6 Å². The molecule has 2 aromatic rings. The number of amides is 1. The number of imidazole rings is 1. The van der Waals surface area contributed by atoms with Crippen molar-refractivity contribution in [1.82, 2.24) is 14.9 Å². The summed E-state index contributed by atoms with van der Waals surface area (Å²) in [4.78, 5) is 31.4. The zero-order valence-corrected chi connectivity index (χ0v) is 16.6. The monoisotopic (exact) mass is 402 g/mol. The number of hydrogen-bond donors (Lipinski definition) is 1. The topological polar surface area (TPSA) is 76.5 Å². The molecule has 1 aromatic carbocycles. The summed E-state index contributed by atoms with van der Waals surface area (Å²) >= 11 is 0. The zero-order chi connectivity index (χ0) is 20.7. The van der Waals surface area contributed by atoms with Gasteiger partial charge in [-0.1, -0.05) is 19.1 Å². The number of hydrogen-bond acceptors (Lipinski definition) is 5. The molecule has 0 aliphatic carbocycles. The standard InChI is InChI=1S/C21H27FN4O3/c1-2-19(27)26(18-7-4-3-6-17(18)22)21(8-10-23-11-9-21)20(28)29-15-5-13-25-14-12-24-16-25/h3-4,6-7,12,14,16,23H,2,5,8-11,13,15H2,1H3. The van der Waals surface area contributed by atoms with Gasteiger partial charge in [0, 0.05) is 25.4 Å². The van der Waals surface area contributed by atoms with Crippen LogP contribution in [-0.4, -0.2) is 46.7 Å². The van der Waals surface area contributed by atoms with Crippen molar-refractivity contribution in [3.05, 3.63) is 48.8 Å². The fourth-order valence-corrected chi connectivity index (χ4v) is 3.72. The molecule has 29 heavy (non-hydrogen) atoms. The summed E-state index contributed by atoms with van der Waals surface area (Å²) in [6.45, 7) is 3.70. The average molecular weight is 402 g/mol. The summed E-state index contributed by atoms with van der Waals surface area (Å²) in [5.74, 6) is -1.30. The lowest BCUT2D eigenvalue weighted by molar-refractivity contribution is -0.153. The molecule has 2 heterocycles. The van der Waals surface area contributed by atoms with Gasteiger partial charge in [-0.2, -0.15) is 0 Å². The van der Waals surface area contributed by atoms with Gasteiger partial charge in [0.25, 0.3) is 0 Å². The molecule has 1 fully saturated rings. The first-order valence-electron chi connectivity index (χ1n) is 10.00. The Hall–Kier alpha value is -2.74. The number of aromatic nitrogens is 2. The fraction of sp³-hybridized carbons (Fsp3) is 0.476. The number of nitrogens with one attached hydrogen (secondary N) is 1. The van der Waals surface area contributed by atoms with Crippen molar-refractivity contribution in [3.63, 3.8) is 0 Å². The van der Waals surface area contributed by atoms with E-state index in [4.69, 9.17) is 4.74 Å². The Bertz CT molecular complexity index is 819. The summed E-state index contributed by atoms with van der Waals surface area (Å²) in [5, 5.41) is 3.21. The first-order chi connectivity index (χ1) is 14.1. The molecule has 0 unspecified atom stereocenters. The first kappa shape index (κ1) is 21.0. The van der Waals surface area contributed by atoms with Crippen molar-refractivity contribution < 1.29 is 18.7 Å². The van der Waals surface area contributed by atoms with Crippen LogP contribution < -0.4 is 10.2 Å². The Morgan fingerprint density at radius 3 is 2.72 bits per heavy atom. The number of esters is 1. The van der Waals surface area contributed by atoms with Crippen LogP contribution in [0.5, 0.6) is 0 Å². The van der Waals surface area contributed by atoms with E-state index in [1.54, 1.807) is 37.6 Å². The number of para-hydroxylation sites is 1. The summed E-state index contributed by atoms with van der Waals surface area (Å²) in [7, 11) is 0. The van der Waals surface area contributed by atoms with Gasteiger partial charge >= 0.3 is 5.97 Å². The summed E-state index contributed by atoms with van der Waals surface area (Å²) in [6.07, 6.45) is 6.76. The van der Waals surface area contributed by atoms with Crippen molar-refractivity contribution in [2.45, 2.75) is 44.7 Å². The van der Waals surface area contributed by atoms with Gasteiger partial charge in [-0.05, 0) is 44.5 Å². The largest absolute Gasteiger partial charge is 0.464 e. The zero-order valence-electron chi connectivity index (χ0n) is 16.6. The minimum Gasteiger partial charge on any atom is -0.464 e. The van der Waals surface area contributed by atoms with Gasteiger partial charge in [0.1, 0.15) is 11.4 Å². The molecular formula is C21H27FN4O3. The molecule has 1 aromatic heterocycles. The van der Waals surface area contributed by atoms with E-state index in [2.05, 4.69) is 10.3 Å². The highest BCUT2D eigenvalue weighted by molar-refractivity contribution is 6.02. The van der Waals surface area contributed by atoms with Crippen LogP contribution in [0.25, 0.3) is 0 Å². The molecule has 1 aliphatic rings. The lowest BCUT2D eigenvalue weighted by atomic mass is 9.85. The van der Waals surface area contributed by atoms with Crippen molar-refractivity contribution in [2.24, 2.45) is 0 Å². The quantitative estimate of drug-likeness (QED) is 0.542. The van der Waals surface area contributed by atoms with E-state index in [0.29, 0.717) is 38.9 Å². The molecular weight excluding hydrogens is 375 g/mol. The average Bonchev–Trinajstić information content (AvgIpc) is 3.26. The van der Waals surface area contributed by atoms with E-state index >= 15 is 0 Å². The Balaban J connectivity index is 1.82. The molecule has 0 radical (unpaired) electrons.